The molecule has 0 fully saturated rings. The Morgan fingerprint density at radius 1 is 1.44 bits per heavy atom. The average molecular weight is 185 g/mol. The van der Waals surface area contributed by atoms with E-state index in [0.29, 0.717) is 5.03 Å². The Bertz CT molecular complexity index is 149. The number of halogens is 2. The quantitative estimate of drug-likeness (QED) is 0.584. The van der Waals surface area contributed by atoms with Crippen LogP contribution in [-0.4, -0.2) is 11.4 Å². The van der Waals surface area contributed by atoms with Crippen LogP contribution in [0.3, 0.4) is 0 Å². The minimum absolute atomic E-state index is 0.115. The highest BCUT2D eigenvalue weighted by atomic mass is 35.5. The van der Waals surface area contributed by atoms with E-state index in [1.54, 1.807) is 13.2 Å². The van der Waals surface area contributed by atoms with Crippen LogP contribution >= 0.6 is 35.0 Å². The minimum Gasteiger partial charge on any atom is -0.281 e. The second kappa shape index (κ2) is 4.20. The van der Waals surface area contributed by atoms with Crippen LogP contribution < -0.4 is 0 Å². The number of carbonyl (C=O) groups is 1. The Balaban J connectivity index is 4.21. The van der Waals surface area contributed by atoms with Crippen molar-refractivity contribution >= 4 is 40.1 Å². The number of hydrogen-bond donors (Lipinski definition) is 0. The molecule has 0 spiro atoms. The molecule has 9 heavy (non-hydrogen) atoms. The van der Waals surface area contributed by atoms with E-state index in [0.717, 1.165) is 11.8 Å². The molecular weight excluding hydrogens is 179 g/mol. The predicted molar refractivity (Wildman–Crippen MR) is 42.9 cm³/mol. The maximum absolute atomic E-state index is 10.6. The van der Waals surface area contributed by atoms with E-state index < -0.39 is 0 Å². The van der Waals surface area contributed by atoms with Gasteiger partial charge < -0.3 is 0 Å². The lowest BCUT2D eigenvalue weighted by Crippen LogP contribution is -1.89. The lowest BCUT2D eigenvalue weighted by molar-refractivity contribution is -0.107. The lowest BCUT2D eigenvalue weighted by Gasteiger charge is -1.92. The third-order valence-electron chi connectivity index (χ3n) is 0.667. The number of rotatable bonds is 1. The zero-order valence-electron chi connectivity index (χ0n) is 5.07. The van der Waals surface area contributed by atoms with Crippen molar-refractivity contribution in [2.75, 3.05) is 6.26 Å². The number of thioether (sulfide) groups is 1. The lowest BCUT2D eigenvalue weighted by atomic mass is 10.5. The molecule has 0 N–H and O–H groups in total. The van der Waals surface area contributed by atoms with Crippen molar-refractivity contribution < 1.29 is 4.79 Å². The monoisotopic (exact) mass is 184 g/mol. The number of carbonyl (C=O) groups excluding carboxylic acids is 1. The third-order valence-corrected chi connectivity index (χ3v) is 2.09. The molecule has 0 unspecified atom stereocenters. The van der Waals surface area contributed by atoms with Gasteiger partial charge in [-0.1, -0.05) is 35.0 Å². The summed E-state index contributed by atoms with van der Waals surface area (Å²) in [4.78, 5) is 10.6. The standard InChI is InChI=1S/C5H6Cl2OS/c1-3(6)4(7)5(8)9-2/h1-2H3. The molecule has 0 saturated carbocycles. The first-order valence-electron chi connectivity index (χ1n) is 2.19. The van der Waals surface area contributed by atoms with Gasteiger partial charge in [0, 0.05) is 5.03 Å². The molecule has 0 atom stereocenters. The Kier molecular flexibility index (Phi) is 4.36. The first-order valence-corrected chi connectivity index (χ1v) is 4.18. The molecule has 0 rings (SSSR count). The van der Waals surface area contributed by atoms with Crippen molar-refractivity contribution in [2.24, 2.45) is 0 Å². The molecule has 0 aliphatic heterocycles. The maximum atomic E-state index is 10.6. The summed E-state index contributed by atoms with van der Waals surface area (Å²) < 4.78 is 0. The fourth-order valence-corrected chi connectivity index (χ4v) is 0.936. The van der Waals surface area contributed by atoms with E-state index in [-0.39, 0.29) is 10.1 Å². The minimum atomic E-state index is -0.191. The van der Waals surface area contributed by atoms with Gasteiger partial charge in [0.1, 0.15) is 5.03 Å². The second-order valence-corrected chi connectivity index (χ2v) is 3.06. The van der Waals surface area contributed by atoms with E-state index in [1.807, 2.05) is 0 Å². The van der Waals surface area contributed by atoms with Gasteiger partial charge in [-0.05, 0) is 13.2 Å². The summed E-state index contributed by atoms with van der Waals surface area (Å²) in [6.07, 6.45) is 1.66. The van der Waals surface area contributed by atoms with Crippen LogP contribution in [0.4, 0.5) is 0 Å². The second-order valence-electron chi connectivity index (χ2n) is 1.34. The van der Waals surface area contributed by atoms with Gasteiger partial charge in [0.2, 0.25) is 5.12 Å². The smallest absolute Gasteiger partial charge is 0.231 e. The van der Waals surface area contributed by atoms with Gasteiger partial charge in [0.15, 0.2) is 0 Å². The molecule has 0 aliphatic carbocycles. The van der Waals surface area contributed by atoms with Crippen molar-refractivity contribution in [3.63, 3.8) is 0 Å². The van der Waals surface area contributed by atoms with Crippen molar-refractivity contribution in [1.82, 2.24) is 0 Å². The topological polar surface area (TPSA) is 17.1 Å². The largest absolute Gasteiger partial charge is 0.281 e. The summed E-state index contributed by atoms with van der Waals surface area (Å²) in [7, 11) is 0. The molecule has 0 bridgehead atoms. The van der Waals surface area contributed by atoms with Gasteiger partial charge in [0.25, 0.3) is 0 Å². The fourth-order valence-electron chi connectivity index (χ4n) is 0.230. The molecular formula is C5H6Cl2OS. The molecule has 0 amide bonds. The van der Waals surface area contributed by atoms with Crippen LogP contribution in [0, 0.1) is 0 Å². The van der Waals surface area contributed by atoms with E-state index in [1.165, 1.54) is 0 Å². The van der Waals surface area contributed by atoms with Crippen LogP contribution in [0.5, 0.6) is 0 Å². The SMILES string of the molecule is CSC(=O)C(Cl)=C(C)Cl. The zero-order valence-corrected chi connectivity index (χ0v) is 7.40. The third kappa shape index (κ3) is 3.14. The van der Waals surface area contributed by atoms with Crippen LogP contribution in [-0.2, 0) is 4.79 Å². The zero-order chi connectivity index (χ0) is 7.44. The van der Waals surface area contributed by atoms with Crippen molar-refractivity contribution in [2.45, 2.75) is 6.92 Å². The summed E-state index contributed by atoms with van der Waals surface area (Å²) in [5.74, 6) is 0. The van der Waals surface area contributed by atoms with Gasteiger partial charge in [-0.3, -0.25) is 4.79 Å². The van der Waals surface area contributed by atoms with E-state index >= 15 is 0 Å². The molecule has 0 aliphatic rings. The Hall–Kier alpha value is 0.340. The summed E-state index contributed by atoms with van der Waals surface area (Å²) in [5, 5.41) is 0.268. The first-order chi connectivity index (χ1) is 4.09. The first kappa shape index (κ1) is 9.34. The Morgan fingerprint density at radius 2 is 1.89 bits per heavy atom. The van der Waals surface area contributed by atoms with Gasteiger partial charge in [-0.25, -0.2) is 0 Å². The van der Waals surface area contributed by atoms with Crippen molar-refractivity contribution in [3.8, 4) is 0 Å². The molecule has 1 nitrogen and oxygen atoms in total. The molecule has 0 saturated heterocycles. The normalized spacial score (nSPS) is 12.9. The van der Waals surface area contributed by atoms with Crippen LogP contribution in [0.25, 0.3) is 0 Å². The maximum Gasteiger partial charge on any atom is 0.231 e. The molecule has 0 aromatic rings. The number of allylic oxidation sites excluding steroid dienone is 1. The number of hydrogen-bond acceptors (Lipinski definition) is 2. The Labute approximate surface area is 68.4 Å². The summed E-state index contributed by atoms with van der Waals surface area (Å²) in [6.45, 7) is 1.58. The van der Waals surface area contributed by atoms with Crippen LogP contribution in [0.1, 0.15) is 6.92 Å². The van der Waals surface area contributed by atoms with Crippen LogP contribution in [0.2, 0.25) is 0 Å². The van der Waals surface area contributed by atoms with E-state index in [9.17, 15) is 4.79 Å². The molecule has 0 radical (unpaired) electrons. The highest BCUT2D eigenvalue weighted by molar-refractivity contribution is 8.13. The molecule has 0 aromatic carbocycles. The molecule has 4 heteroatoms. The highest BCUT2D eigenvalue weighted by Crippen LogP contribution is 2.18. The summed E-state index contributed by atoms with van der Waals surface area (Å²) >= 11 is 11.9. The summed E-state index contributed by atoms with van der Waals surface area (Å²) in [5.41, 5.74) is 0. The average Bonchev–Trinajstić information content (AvgIpc) is 1.84. The fraction of sp³-hybridized carbons (Fsp3) is 0.400. The molecule has 0 heterocycles. The van der Waals surface area contributed by atoms with Gasteiger partial charge in [0.05, 0.1) is 0 Å². The highest BCUT2D eigenvalue weighted by Gasteiger charge is 2.05. The van der Waals surface area contributed by atoms with Crippen molar-refractivity contribution in [3.05, 3.63) is 10.1 Å². The predicted octanol–water partition coefficient (Wildman–Crippen LogP) is 2.59. The van der Waals surface area contributed by atoms with Crippen molar-refractivity contribution in [1.29, 1.82) is 0 Å². The van der Waals surface area contributed by atoms with Gasteiger partial charge in [-0.2, -0.15) is 0 Å². The van der Waals surface area contributed by atoms with E-state index in [4.69, 9.17) is 23.2 Å². The molecule has 0 aromatic heterocycles. The van der Waals surface area contributed by atoms with Crippen LogP contribution in [0.15, 0.2) is 10.1 Å². The van der Waals surface area contributed by atoms with Gasteiger partial charge in [-0.15, -0.1) is 0 Å². The van der Waals surface area contributed by atoms with E-state index in [2.05, 4.69) is 0 Å². The summed E-state index contributed by atoms with van der Waals surface area (Å²) in [6, 6.07) is 0. The molecule has 52 valence electrons. The van der Waals surface area contributed by atoms with Gasteiger partial charge >= 0.3 is 0 Å². The Morgan fingerprint density at radius 3 is 2.00 bits per heavy atom.